The zero-order valence-electron chi connectivity index (χ0n) is 12.5. The number of Topliss-reactive ketones (excluding diaryl/α,β-unsaturated/α-hetero) is 1. The van der Waals surface area contributed by atoms with E-state index in [1.807, 2.05) is 0 Å². The number of ketones is 1. The molecule has 0 aliphatic carbocycles. The number of benzene rings is 1. The summed E-state index contributed by atoms with van der Waals surface area (Å²) in [6.45, 7) is 1.87. The molecule has 1 atom stereocenters. The molecule has 1 aromatic carbocycles. The van der Waals surface area contributed by atoms with Crippen molar-refractivity contribution in [2.75, 3.05) is 6.61 Å². The Morgan fingerprint density at radius 2 is 2.04 bits per heavy atom. The normalized spacial score (nSPS) is 12.1. The van der Waals surface area contributed by atoms with Crippen molar-refractivity contribution in [1.82, 2.24) is 4.98 Å². The van der Waals surface area contributed by atoms with Crippen LogP contribution in [0.2, 0.25) is 5.02 Å². The van der Waals surface area contributed by atoms with Crippen molar-refractivity contribution in [2.24, 2.45) is 10.9 Å². The minimum atomic E-state index is -1.11. The summed E-state index contributed by atoms with van der Waals surface area (Å²) in [5.74, 6) is -2.15. The third-order valence-corrected chi connectivity index (χ3v) is 3.20. The van der Waals surface area contributed by atoms with Gasteiger partial charge in [-0.3, -0.25) is 19.6 Å². The van der Waals surface area contributed by atoms with Crippen molar-refractivity contribution in [3.05, 3.63) is 59.4 Å². The molecular formula is C17H15ClN2O3. The van der Waals surface area contributed by atoms with E-state index in [4.69, 9.17) is 16.3 Å². The SMILES string of the molecule is CCOC(=O)C(C=Nc1cccc(Cl)c1)C(=O)c1ccncc1. The molecule has 6 heteroatoms. The molecule has 0 aliphatic heterocycles. The Bertz CT molecular complexity index is 717. The Morgan fingerprint density at radius 3 is 2.70 bits per heavy atom. The first kappa shape index (κ1) is 16.8. The van der Waals surface area contributed by atoms with Crippen LogP contribution in [0.4, 0.5) is 5.69 Å². The van der Waals surface area contributed by atoms with Crippen molar-refractivity contribution in [3.63, 3.8) is 0 Å². The van der Waals surface area contributed by atoms with Crippen LogP contribution < -0.4 is 0 Å². The van der Waals surface area contributed by atoms with E-state index in [0.29, 0.717) is 16.3 Å². The van der Waals surface area contributed by atoms with Gasteiger partial charge in [0.15, 0.2) is 11.7 Å². The fourth-order valence-corrected chi connectivity index (χ4v) is 2.06. The minimum absolute atomic E-state index is 0.184. The zero-order valence-corrected chi connectivity index (χ0v) is 13.2. The van der Waals surface area contributed by atoms with E-state index in [1.165, 1.54) is 18.6 Å². The monoisotopic (exact) mass is 330 g/mol. The Balaban J connectivity index is 2.27. The van der Waals surface area contributed by atoms with E-state index in [2.05, 4.69) is 9.98 Å². The minimum Gasteiger partial charge on any atom is -0.465 e. The number of carbonyl (C=O) groups is 2. The van der Waals surface area contributed by atoms with Gasteiger partial charge in [0.2, 0.25) is 0 Å². The van der Waals surface area contributed by atoms with Crippen molar-refractivity contribution in [3.8, 4) is 0 Å². The van der Waals surface area contributed by atoms with Crippen LogP contribution in [0.15, 0.2) is 53.8 Å². The lowest BCUT2D eigenvalue weighted by atomic mass is 9.99. The maximum atomic E-state index is 12.5. The molecule has 0 saturated carbocycles. The number of ether oxygens (including phenoxy) is 1. The van der Waals surface area contributed by atoms with E-state index in [0.717, 1.165) is 0 Å². The summed E-state index contributed by atoms with van der Waals surface area (Å²) in [7, 11) is 0. The molecule has 0 aliphatic rings. The van der Waals surface area contributed by atoms with Crippen molar-refractivity contribution in [1.29, 1.82) is 0 Å². The van der Waals surface area contributed by atoms with E-state index in [1.54, 1.807) is 43.3 Å². The number of hydrogen-bond donors (Lipinski definition) is 0. The van der Waals surface area contributed by atoms with Gasteiger partial charge in [0.1, 0.15) is 0 Å². The highest BCUT2D eigenvalue weighted by molar-refractivity contribution is 6.30. The summed E-state index contributed by atoms with van der Waals surface area (Å²) in [5.41, 5.74) is 0.921. The highest BCUT2D eigenvalue weighted by atomic mass is 35.5. The largest absolute Gasteiger partial charge is 0.465 e. The Labute approximate surface area is 139 Å². The number of pyridine rings is 1. The maximum Gasteiger partial charge on any atom is 0.322 e. The third kappa shape index (κ3) is 4.72. The fourth-order valence-electron chi connectivity index (χ4n) is 1.88. The van der Waals surface area contributed by atoms with Crippen LogP contribution in [0.1, 0.15) is 17.3 Å². The number of hydrogen-bond acceptors (Lipinski definition) is 5. The number of aliphatic imine (C=N–C) groups is 1. The average Bonchev–Trinajstić information content (AvgIpc) is 2.56. The molecular weight excluding hydrogens is 316 g/mol. The zero-order chi connectivity index (χ0) is 16.7. The van der Waals surface area contributed by atoms with Gasteiger partial charge in [0, 0.05) is 29.2 Å². The van der Waals surface area contributed by atoms with E-state index in [9.17, 15) is 9.59 Å². The van der Waals surface area contributed by atoms with Crippen LogP contribution in [-0.2, 0) is 9.53 Å². The summed E-state index contributed by atoms with van der Waals surface area (Å²) in [6, 6.07) is 9.90. The molecule has 0 fully saturated rings. The predicted octanol–water partition coefficient (Wildman–Crippen LogP) is 3.50. The number of aromatic nitrogens is 1. The molecule has 0 N–H and O–H groups in total. The Morgan fingerprint density at radius 1 is 1.30 bits per heavy atom. The second-order valence-electron chi connectivity index (χ2n) is 4.59. The van der Waals surface area contributed by atoms with Gasteiger partial charge in [-0.1, -0.05) is 17.7 Å². The van der Waals surface area contributed by atoms with E-state index in [-0.39, 0.29) is 6.61 Å². The standard InChI is InChI=1S/C17H15ClN2O3/c1-2-23-17(22)15(16(21)12-6-8-19-9-7-12)11-20-14-5-3-4-13(18)10-14/h3-11,15H,2H2,1H3. The Hall–Kier alpha value is -2.53. The fraction of sp³-hybridized carbons (Fsp3) is 0.176. The highest BCUT2D eigenvalue weighted by Crippen LogP contribution is 2.18. The van der Waals surface area contributed by atoms with Gasteiger partial charge in [-0.25, -0.2) is 0 Å². The number of rotatable bonds is 6. The molecule has 1 aromatic heterocycles. The first-order valence-corrected chi connectivity index (χ1v) is 7.40. The third-order valence-electron chi connectivity index (χ3n) is 2.97. The summed E-state index contributed by atoms with van der Waals surface area (Å²) >= 11 is 5.89. The van der Waals surface area contributed by atoms with Crippen LogP contribution in [0.25, 0.3) is 0 Å². The van der Waals surface area contributed by atoms with Gasteiger partial charge in [0.25, 0.3) is 0 Å². The molecule has 118 valence electrons. The van der Waals surface area contributed by atoms with Crippen molar-refractivity contribution < 1.29 is 14.3 Å². The van der Waals surface area contributed by atoms with Crippen LogP contribution in [0.5, 0.6) is 0 Å². The first-order chi connectivity index (χ1) is 11.1. The van der Waals surface area contributed by atoms with Crippen molar-refractivity contribution in [2.45, 2.75) is 6.92 Å². The molecule has 1 heterocycles. The highest BCUT2D eigenvalue weighted by Gasteiger charge is 2.27. The van der Waals surface area contributed by atoms with Gasteiger partial charge in [0.05, 0.1) is 12.3 Å². The average molecular weight is 331 g/mol. The number of nitrogens with zero attached hydrogens (tertiary/aromatic N) is 2. The van der Waals surface area contributed by atoms with Gasteiger partial charge >= 0.3 is 5.97 Å². The smallest absolute Gasteiger partial charge is 0.322 e. The van der Waals surface area contributed by atoms with Crippen LogP contribution in [-0.4, -0.2) is 29.6 Å². The molecule has 2 rings (SSSR count). The summed E-state index contributed by atoms with van der Waals surface area (Å²) < 4.78 is 4.97. The number of halogens is 1. The van der Waals surface area contributed by atoms with Crippen LogP contribution >= 0.6 is 11.6 Å². The lowest BCUT2D eigenvalue weighted by Crippen LogP contribution is -2.27. The molecule has 1 unspecified atom stereocenters. The quantitative estimate of drug-likeness (QED) is 0.352. The van der Waals surface area contributed by atoms with E-state index >= 15 is 0 Å². The number of esters is 1. The molecule has 5 nitrogen and oxygen atoms in total. The molecule has 0 bridgehead atoms. The van der Waals surface area contributed by atoms with E-state index < -0.39 is 17.7 Å². The molecule has 0 saturated heterocycles. The summed E-state index contributed by atoms with van der Waals surface area (Å²) in [4.78, 5) is 32.6. The van der Waals surface area contributed by atoms with Gasteiger partial charge < -0.3 is 4.74 Å². The maximum absolute atomic E-state index is 12.5. The molecule has 2 aromatic rings. The molecule has 0 spiro atoms. The number of carbonyl (C=O) groups excluding carboxylic acids is 2. The molecule has 0 amide bonds. The second-order valence-corrected chi connectivity index (χ2v) is 5.02. The predicted molar refractivity (Wildman–Crippen MR) is 88.3 cm³/mol. The lowest BCUT2D eigenvalue weighted by molar-refractivity contribution is -0.143. The first-order valence-electron chi connectivity index (χ1n) is 7.02. The molecule has 23 heavy (non-hydrogen) atoms. The lowest BCUT2D eigenvalue weighted by Gasteiger charge is -2.10. The van der Waals surface area contributed by atoms with Gasteiger partial charge in [-0.2, -0.15) is 0 Å². The molecule has 0 radical (unpaired) electrons. The summed E-state index contributed by atoms with van der Waals surface area (Å²) in [6.07, 6.45) is 4.26. The Kier molecular flexibility index (Phi) is 6.00. The van der Waals surface area contributed by atoms with Crippen LogP contribution in [0, 0.1) is 5.92 Å². The second kappa shape index (κ2) is 8.19. The van der Waals surface area contributed by atoms with Crippen LogP contribution in [0.3, 0.4) is 0 Å². The van der Waals surface area contributed by atoms with Gasteiger partial charge in [-0.05, 0) is 37.3 Å². The topological polar surface area (TPSA) is 68.6 Å². The summed E-state index contributed by atoms with van der Waals surface area (Å²) in [5, 5.41) is 0.521. The van der Waals surface area contributed by atoms with Gasteiger partial charge in [-0.15, -0.1) is 0 Å². The van der Waals surface area contributed by atoms with Crippen molar-refractivity contribution >= 4 is 35.3 Å².